The Morgan fingerprint density at radius 1 is 1.29 bits per heavy atom. The maximum Gasteiger partial charge on any atom is 0.226 e. The maximum absolute atomic E-state index is 11.8. The molecule has 1 aliphatic carbocycles. The predicted octanol–water partition coefficient (Wildman–Crippen LogP) is 1.99. The standard InChI is InChI=1S/C16H20N2O3/c1-10-8-14(10)16(21)17-7-6-15(20)18-13-5-3-4-12(9-13)11(2)19/h3-5,9-10,14H,6-8H2,1-2H3,(H,17,21)(H,18,20)/t10-,14+/m1/s1. The minimum Gasteiger partial charge on any atom is -0.355 e. The Morgan fingerprint density at radius 2 is 2.00 bits per heavy atom. The highest BCUT2D eigenvalue weighted by molar-refractivity contribution is 5.97. The predicted molar refractivity (Wildman–Crippen MR) is 80.0 cm³/mol. The second-order valence-electron chi connectivity index (χ2n) is 5.55. The van der Waals surface area contributed by atoms with E-state index in [9.17, 15) is 14.4 Å². The summed E-state index contributed by atoms with van der Waals surface area (Å²) in [7, 11) is 0. The van der Waals surface area contributed by atoms with Gasteiger partial charge in [0.05, 0.1) is 0 Å². The van der Waals surface area contributed by atoms with Gasteiger partial charge in [-0.25, -0.2) is 0 Å². The number of anilines is 1. The number of nitrogens with one attached hydrogen (secondary N) is 2. The van der Waals surface area contributed by atoms with Crippen molar-refractivity contribution in [2.45, 2.75) is 26.7 Å². The van der Waals surface area contributed by atoms with Gasteiger partial charge in [-0.3, -0.25) is 14.4 Å². The van der Waals surface area contributed by atoms with Crippen LogP contribution in [0.2, 0.25) is 0 Å². The Balaban J connectivity index is 1.75. The summed E-state index contributed by atoms with van der Waals surface area (Å²) in [6.45, 7) is 3.86. The zero-order valence-electron chi connectivity index (χ0n) is 12.3. The van der Waals surface area contributed by atoms with Gasteiger partial charge in [0.1, 0.15) is 0 Å². The summed E-state index contributed by atoms with van der Waals surface area (Å²) in [4.78, 5) is 34.6. The van der Waals surface area contributed by atoms with E-state index < -0.39 is 0 Å². The van der Waals surface area contributed by atoms with E-state index in [2.05, 4.69) is 10.6 Å². The van der Waals surface area contributed by atoms with Crippen LogP contribution in [0.1, 0.15) is 37.0 Å². The van der Waals surface area contributed by atoms with Crippen molar-refractivity contribution in [2.75, 3.05) is 11.9 Å². The molecule has 1 saturated carbocycles. The molecule has 0 aliphatic heterocycles. The van der Waals surface area contributed by atoms with Crippen LogP contribution in [0.25, 0.3) is 0 Å². The fraction of sp³-hybridized carbons (Fsp3) is 0.438. The molecular formula is C16H20N2O3. The summed E-state index contributed by atoms with van der Waals surface area (Å²) in [5, 5.41) is 5.49. The maximum atomic E-state index is 11.8. The molecule has 0 spiro atoms. The van der Waals surface area contributed by atoms with Gasteiger partial charge >= 0.3 is 0 Å². The largest absolute Gasteiger partial charge is 0.355 e. The first-order valence-electron chi connectivity index (χ1n) is 7.16. The number of ketones is 1. The molecule has 2 atom stereocenters. The van der Waals surface area contributed by atoms with Gasteiger partial charge in [-0.2, -0.15) is 0 Å². The van der Waals surface area contributed by atoms with Gasteiger partial charge < -0.3 is 10.6 Å². The number of rotatable bonds is 6. The van der Waals surface area contributed by atoms with Crippen LogP contribution in [0.5, 0.6) is 0 Å². The van der Waals surface area contributed by atoms with Crippen LogP contribution in [0.4, 0.5) is 5.69 Å². The molecule has 0 unspecified atom stereocenters. The van der Waals surface area contributed by atoms with Gasteiger partial charge in [0.25, 0.3) is 0 Å². The Bertz CT molecular complexity index is 568. The average Bonchev–Trinajstić information content (AvgIpc) is 3.16. The summed E-state index contributed by atoms with van der Waals surface area (Å²) in [6.07, 6.45) is 1.16. The van der Waals surface area contributed by atoms with Gasteiger partial charge in [0.2, 0.25) is 11.8 Å². The van der Waals surface area contributed by atoms with E-state index in [0.717, 1.165) is 6.42 Å². The number of hydrogen-bond donors (Lipinski definition) is 2. The van der Waals surface area contributed by atoms with Crippen molar-refractivity contribution in [1.29, 1.82) is 0 Å². The van der Waals surface area contributed by atoms with Crippen molar-refractivity contribution >= 4 is 23.3 Å². The fourth-order valence-corrected chi connectivity index (χ4v) is 2.16. The number of benzene rings is 1. The minimum atomic E-state index is -0.181. The lowest BCUT2D eigenvalue weighted by Gasteiger charge is -2.07. The van der Waals surface area contributed by atoms with Crippen LogP contribution < -0.4 is 10.6 Å². The highest BCUT2D eigenvalue weighted by Gasteiger charge is 2.38. The van der Waals surface area contributed by atoms with Crippen molar-refractivity contribution in [3.8, 4) is 0 Å². The van der Waals surface area contributed by atoms with Gasteiger partial charge in [-0.1, -0.05) is 19.1 Å². The molecular weight excluding hydrogens is 268 g/mol. The Labute approximate surface area is 124 Å². The molecule has 0 bridgehead atoms. The topological polar surface area (TPSA) is 75.3 Å². The van der Waals surface area contributed by atoms with E-state index in [0.29, 0.717) is 23.7 Å². The van der Waals surface area contributed by atoms with Crippen LogP contribution in [-0.4, -0.2) is 24.1 Å². The SMILES string of the molecule is CC(=O)c1cccc(NC(=O)CCNC(=O)[C@H]2C[C@H]2C)c1. The van der Waals surface area contributed by atoms with E-state index in [1.165, 1.54) is 6.92 Å². The van der Waals surface area contributed by atoms with Crippen molar-refractivity contribution in [3.63, 3.8) is 0 Å². The summed E-state index contributed by atoms with van der Waals surface area (Å²) < 4.78 is 0. The normalized spacial score (nSPS) is 19.7. The third-order valence-electron chi connectivity index (χ3n) is 3.65. The van der Waals surface area contributed by atoms with E-state index in [1.807, 2.05) is 6.92 Å². The van der Waals surface area contributed by atoms with Crippen LogP contribution in [0, 0.1) is 11.8 Å². The highest BCUT2D eigenvalue weighted by Crippen LogP contribution is 2.37. The summed E-state index contributed by atoms with van der Waals surface area (Å²) in [5.74, 6) is 0.402. The number of carbonyl (C=O) groups is 3. The molecule has 5 nitrogen and oxygen atoms in total. The van der Waals surface area contributed by atoms with E-state index in [1.54, 1.807) is 24.3 Å². The molecule has 112 valence electrons. The molecule has 5 heteroatoms. The lowest BCUT2D eigenvalue weighted by atomic mass is 10.1. The average molecular weight is 288 g/mol. The third kappa shape index (κ3) is 4.41. The fourth-order valence-electron chi connectivity index (χ4n) is 2.16. The molecule has 0 aromatic heterocycles. The molecule has 1 aromatic rings. The first-order chi connectivity index (χ1) is 9.97. The molecule has 2 N–H and O–H groups in total. The van der Waals surface area contributed by atoms with Gasteiger partial charge in [0, 0.05) is 30.1 Å². The Hall–Kier alpha value is -2.17. The second-order valence-corrected chi connectivity index (χ2v) is 5.55. The zero-order chi connectivity index (χ0) is 15.4. The molecule has 1 aromatic carbocycles. The molecule has 0 heterocycles. The second kappa shape index (κ2) is 6.52. The Morgan fingerprint density at radius 3 is 2.62 bits per heavy atom. The molecule has 0 saturated heterocycles. The molecule has 1 aliphatic rings. The van der Waals surface area contributed by atoms with Crippen LogP contribution in [0.3, 0.4) is 0 Å². The number of hydrogen-bond acceptors (Lipinski definition) is 3. The zero-order valence-corrected chi connectivity index (χ0v) is 12.3. The lowest BCUT2D eigenvalue weighted by Crippen LogP contribution is -2.29. The van der Waals surface area contributed by atoms with Crippen molar-refractivity contribution in [2.24, 2.45) is 11.8 Å². The quantitative estimate of drug-likeness (QED) is 0.786. The molecule has 1 fully saturated rings. The molecule has 21 heavy (non-hydrogen) atoms. The van der Waals surface area contributed by atoms with E-state index in [-0.39, 0.29) is 29.9 Å². The van der Waals surface area contributed by atoms with Crippen molar-refractivity contribution < 1.29 is 14.4 Å². The van der Waals surface area contributed by atoms with E-state index >= 15 is 0 Å². The smallest absolute Gasteiger partial charge is 0.226 e. The molecule has 2 rings (SSSR count). The van der Waals surface area contributed by atoms with Crippen LogP contribution in [-0.2, 0) is 9.59 Å². The van der Waals surface area contributed by atoms with E-state index in [4.69, 9.17) is 0 Å². The minimum absolute atomic E-state index is 0.0360. The Kier molecular flexibility index (Phi) is 4.73. The molecule has 2 amide bonds. The van der Waals surface area contributed by atoms with Crippen LogP contribution in [0.15, 0.2) is 24.3 Å². The van der Waals surface area contributed by atoms with Gasteiger partial charge in [-0.15, -0.1) is 0 Å². The number of Topliss-reactive ketones (excluding diaryl/α,β-unsaturated/α-hetero) is 1. The monoisotopic (exact) mass is 288 g/mol. The summed E-state index contributed by atoms with van der Waals surface area (Å²) in [5.41, 5.74) is 1.15. The molecule has 0 radical (unpaired) electrons. The van der Waals surface area contributed by atoms with Crippen LogP contribution >= 0.6 is 0 Å². The van der Waals surface area contributed by atoms with Crippen molar-refractivity contribution in [1.82, 2.24) is 5.32 Å². The number of carbonyl (C=O) groups excluding carboxylic acids is 3. The van der Waals surface area contributed by atoms with Gasteiger partial charge in [-0.05, 0) is 31.4 Å². The first kappa shape index (κ1) is 15.2. The summed E-state index contributed by atoms with van der Waals surface area (Å²) >= 11 is 0. The summed E-state index contributed by atoms with van der Waals surface area (Å²) in [6, 6.07) is 6.80. The first-order valence-corrected chi connectivity index (χ1v) is 7.16. The lowest BCUT2D eigenvalue weighted by molar-refractivity contribution is -0.122. The number of amides is 2. The third-order valence-corrected chi connectivity index (χ3v) is 3.65. The van der Waals surface area contributed by atoms with Crippen molar-refractivity contribution in [3.05, 3.63) is 29.8 Å². The highest BCUT2D eigenvalue weighted by atomic mass is 16.2. The van der Waals surface area contributed by atoms with Gasteiger partial charge in [0.15, 0.2) is 5.78 Å².